The highest BCUT2D eigenvalue weighted by molar-refractivity contribution is 5.75. The minimum absolute atomic E-state index is 0.138. The summed E-state index contributed by atoms with van der Waals surface area (Å²) in [5.74, 6) is 1.07. The number of para-hydroxylation sites is 2. The van der Waals surface area contributed by atoms with Crippen molar-refractivity contribution in [2.75, 3.05) is 31.1 Å². The van der Waals surface area contributed by atoms with Crippen molar-refractivity contribution in [1.82, 2.24) is 5.32 Å². The standard InChI is InChI=1S/C14H20N2O2/c1-2-5-14(17)15-8-9-16-10-11-18-13-7-4-3-6-12(13)16/h3-4,6-7H,2,5,8-11H2,1H3,(H,15,17). The summed E-state index contributed by atoms with van der Waals surface area (Å²) in [4.78, 5) is 13.6. The zero-order valence-electron chi connectivity index (χ0n) is 10.8. The van der Waals surface area contributed by atoms with Crippen LogP contribution in [0.3, 0.4) is 0 Å². The van der Waals surface area contributed by atoms with Crippen LogP contribution in [-0.4, -0.2) is 32.1 Å². The molecular weight excluding hydrogens is 228 g/mol. The first kappa shape index (κ1) is 12.7. The summed E-state index contributed by atoms with van der Waals surface area (Å²) in [6, 6.07) is 8.03. The highest BCUT2D eigenvalue weighted by Crippen LogP contribution is 2.30. The van der Waals surface area contributed by atoms with Crippen LogP contribution in [0.15, 0.2) is 24.3 Å². The predicted octanol–water partition coefficient (Wildman–Crippen LogP) is 1.80. The molecule has 98 valence electrons. The number of benzene rings is 1. The van der Waals surface area contributed by atoms with Crippen LogP contribution in [-0.2, 0) is 4.79 Å². The molecule has 0 aromatic heterocycles. The number of anilines is 1. The first-order chi connectivity index (χ1) is 8.81. The topological polar surface area (TPSA) is 41.6 Å². The van der Waals surface area contributed by atoms with Crippen LogP contribution in [0, 0.1) is 0 Å². The number of nitrogens with one attached hydrogen (secondary N) is 1. The van der Waals surface area contributed by atoms with E-state index < -0.39 is 0 Å². The monoisotopic (exact) mass is 248 g/mol. The van der Waals surface area contributed by atoms with Gasteiger partial charge in [0.15, 0.2) is 0 Å². The van der Waals surface area contributed by atoms with Gasteiger partial charge in [0.25, 0.3) is 0 Å². The maximum atomic E-state index is 11.4. The number of fused-ring (bicyclic) bond motifs is 1. The fourth-order valence-electron chi connectivity index (χ4n) is 2.10. The molecule has 1 heterocycles. The summed E-state index contributed by atoms with van der Waals surface area (Å²) < 4.78 is 5.59. The van der Waals surface area contributed by atoms with Crippen molar-refractivity contribution in [3.63, 3.8) is 0 Å². The van der Waals surface area contributed by atoms with Crippen LogP contribution in [0.5, 0.6) is 5.75 Å². The predicted molar refractivity (Wildman–Crippen MR) is 72.1 cm³/mol. The Morgan fingerprint density at radius 2 is 2.28 bits per heavy atom. The van der Waals surface area contributed by atoms with Crippen LogP contribution in [0.1, 0.15) is 19.8 Å². The van der Waals surface area contributed by atoms with Crippen molar-refractivity contribution < 1.29 is 9.53 Å². The van der Waals surface area contributed by atoms with Gasteiger partial charge < -0.3 is 15.0 Å². The third kappa shape index (κ3) is 3.15. The van der Waals surface area contributed by atoms with E-state index in [0.29, 0.717) is 19.6 Å². The number of hydrogen-bond acceptors (Lipinski definition) is 3. The molecule has 0 saturated heterocycles. The van der Waals surface area contributed by atoms with Crippen molar-refractivity contribution in [1.29, 1.82) is 0 Å². The minimum Gasteiger partial charge on any atom is -0.490 e. The van der Waals surface area contributed by atoms with Crippen molar-refractivity contribution in [3.05, 3.63) is 24.3 Å². The molecule has 0 fully saturated rings. The highest BCUT2D eigenvalue weighted by atomic mass is 16.5. The van der Waals surface area contributed by atoms with Crippen molar-refractivity contribution in [3.8, 4) is 5.75 Å². The Kier molecular flexibility index (Phi) is 4.45. The lowest BCUT2D eigenvalue weighted by Crippen LogP contribution is -2.39. The zero-order valence-corrected chi connectivity index (χ0v) is 10.8. The van der Waals surface area contributed by atoms with E-state index in [1.54, 1.807) is 0 Å². The van der Waals surface area contributed by atoms with E-state index in [9.17, 15) is 4.79 Å². The van der Waals surface area contributed by atoms with Gasteiger partial charge in [0.05, 0.1) is 12.2 Å². The van der Waals surface area contributed by atoms with E-state index in [1.165, 1.54) is 0 Å². The van der Waals surface area contributed by atoms with Gasteiger partial charge >= 0.3 is 0 Å². The molecule has 1 N–H and O–H groups in total. The molecule has 0 saturated carbocycles. The molecule has 1 amide bonds. The van der Waals surface area contributed by atoms with E-state index in [4.69, 9.17) is 4.74 Å². The lowest BCUT2D eigenvalue weighted by Gasteiger charge is -2.31. The summed E-state index contributed by atoms with van der Waals surface area (Å²) in [7, 11) is 0. The molecule has 18 heavy (non-hydrogen) atoms. The third-order valence-electron chi connectivity index (χ3n) is 3.01. The molecular formula is C14H20N2O2. The molecule has 0 spiro atoms. The van der Waals surface area contributed by atoms with Crippen LogP contribution in [0.25, 0.3) is 0 Å². The first-order valence-corrected chi connectivity index (χ1v) is 6.54. The van der Waals surface area contributed by atoms with Crippen LogP contribution >= 0.6 is 0 Å². The fraction of sp³-hybridized carbons (Fsp3) is 0.500. The molecule has 4 heteroatoms. The van der Waals surface area contributed by atoms with E-state index in [1.807, 2.05) is 25.1 Å². The molecule has 1 aromatic carbocycles. The Hall–Kier alpha value is -1.71. The quantitative estimate of drug-likeness (QED) is 0.864. The average Bonchev–Trinajstić information content (AvgIpc) is 2.39. The minimum atomic E-state index is 0.138. The van der Waals surface area contributed by atoms with Gasteiger partial charge in [0, 0.05) is 19.5 Å². The van der Waals surface area contributed by atoms with E-state index in [-0.39, 0.29) is 5.91 Å². The molecule has 0 radical (unpaired) electrons. The van der Waals surface area contributed by atoms with Gasteiger partial charge in [0.1, 0.15) is 12.4 Å². The second-order valence-corrected chi connectivity index (χ2v) is 4.40. The summed E-state index contributed by atoms with van der Waals surface area (Å²) in [6.45, 7) is 5.11. The molecule has 0 atom stereocenters. The SMILES string of the molecule is CCCC(=O)NCCN1CCOc2ccccc21. The van der Waals surface area contributed by atoms with E-state index >= 15 is 0 Å². The van der Waals surface area contributed by atoms with E-state index in [0.717, 1.165) is 30.9 Å². The van der Waals surface area contributed by atoms with Gasteiger partial charge in [-0.15, -0.1) is 0 Å². The first-order valence-electron chi connectivity index (χ1n) is 6.54. The molecule has 0 unspecified atom stereocenters. The van der Waals surface area contributed by atoms with Gasteiger partial charge in [-0.2, -0.15) is 0 Å². The number of amides is 1. The van der Waals surface area contributed by atoms with Gasteiger partial charge in [-0.25, -0.2) is 0 Å². The molecule has 1 aromatic rings. The molecule has 1 aliphatic rings. The number of ether oxygens (including phenoxy) is 1. The fourth-order valence-corrected chi connectivity index (χ4v) is 2.10. The maximum absolute atomic E-state index is 11.4. The highest BCUT2D eigenvalue weighted by Gasteiger charge is 2.16. The van der Waals surface area contributed by atoms with E-state index in [2.05, 4.69) is 16.3 Å². The third-order valence-corrected chi connectivity index (χ3v) is 3.01. The van der Waals surface area contributed by atoms with Crippen molar-refractivity contribution in [2.45, 2.75) is 19.8 Å². The van der Waals surface area contributed by atoms with Gasteiger partial charge in [0.2, 0.25) is 5.91 Å². The average molecular weight is 248 g/mol. The van der Waals surface area contributed by atoms with Crippen LogP contribution in [0.2, 0.25) is 0 Å². The Morgan fingerprint density at radius 3 is 3.11 bits per heavy atom. The largest absolute Gasteiger partial charge is 0.490 e. The van der Waals surface area contributed by atoms with Crippen molar-refractivity contribution in [2.24, 2.45) is 0 Å². The van der Waals surface area contributed by atoms with Crippen LogP contribution in [0.4, 0.5) is 5.69 Å². The number of carbonyl (C=O) groups is 1. The summed E-state index contributed by atoms with van der Waals surface area (Å²) >= 11 is 0. The molecule has 0 aliphatic carbocycles. The van der Waals surface area contributed by atoms with Crippen LogP contribution < -0.4 is 15.0 Å². The number of rotatable bonds is 5. The Labute approximate surface area is 108 Å². The maximum Gasteiger partial charge on any atom is 0.220 e. The summed E-state index contributed by atoms with van der Waals surface area (Å²) in [5, 5.41) is 2.94. The number of nitrogens with zero attached hydrogens (tertiary/aromatic N) is 1. The number of carbonyl (C=O) groups excluding carboxylic acids is 1. The lowest BCUT2D eigenvalue weighted by molar-refractivity contribution is -0.121. The summed E-state index contributed by atoms with van der Waals surface area (Å²) in [5.41, 5.74) is 1.12. The second-order valence-electron chi connectivity index (χ2n) is 4.40. The molecule has 1 aliphatic heterocycles. The lowest BCUT2D eigenvalue weighted by atomic mass is 10.2. The normalized spacial score (nSPS) is 13.7. The zero-order chi connectivity index (χ0) is 12.8. The van der Waals surface area contributed by atoms with Gasteiger partial charge in [-0.05, 0) is 18.6 Å². The second kappa shape index (κ2) is 6.28. The number of hydrogen-bond donors (Lipinski definition) is 1. The Bertz CT molecular complexity index is 407. The Morgan fingerprint density at radius 1 is 1.44 bits per heavy atom. The molecule has 0 bridgehead atoms. The van der Waals surface area contributed by atoms with Gasteiger partial charge in [-0.1, -0.05) is 19.1 Å². The van der Waals surface area contributed by atoms with Gasteiger partial charge in [-0.3, -0.25) is 4.79 Å². The smallest absolute Gasteiger partial charge is 0.220 e. The summed E-state index contributed by atoms with van der Waals surface area (Å²) in [6.07, 6.45) is 1.51. The molecule has 4 nitrogen and oxygen atoms in total. The van der Waals surface area contributed by atoms with Crippen molar-refractivity contribution >= 4 is 11.6 Å². The Balaban J connectivity index is 1.86. The molecule has 2 rings (SSSR count).